The number of aliphatic hydroxyl groups excluding tert-OH is 1. The summed E-state index contributed by atoms with van der Waals surface area (Å²) in [7, 11) is 0. The Morgan fingerprint density at radius 1 is 1.42 bits per heavy atom. The molecule has 0 aliphatic carbocycles. The molecule has 0 amide bonds. The number of fused-ring (bicyclic) bond motifs is 3. The summed E-state index contributed by atoms with van der Waals surface area (Å²) in [5, 5.41) is 17.5. The highest BCUT2D eigenvalue weighted by Gasteiger charge is 2.23. The van der Waals surface area contributed by atoms with Gasteiger partial charge in [0.25, 0.3) is 0 Å². The minimum Gasteiger partial charge on any atom is -0.392 e. The van der Waals surface area contributed by atoms with E-state index in [0.29, 0.717) is 6.42 Å². The van der Waals surface area contributed by atoms with Crippen molar-refractivity contribution in [3.05, 3.63) is 35.0 Å². The maximum absolute atomic E-state index is 11.9. The molecule has 5 heteroatoms. The van der Waals surface area contributed by atoms with Crippen molar-refractivity contribution in [2.24, 2.45) is 0 Å². The monoisotopic (exact) mass is 257 g/mol. The van der Waals surface area contributed by atoms with Crippen molar-refractivity contribution in [3.63, 3.8) is 0 Å². The molecule has 0 saturated carbocycles. The number of Topliss-reactive ketones (excluding diaryl/α,β-unsaturated/α-hetero) is 1. The molecule has 0 unspecified atom stereocenters. The molecule has 1 aromatic heterocycles. The largest absolute Gasteiger partial charge is 0.392 e. The Morgan fingerprint density at radius 3 is 3.00 bits per heavy atom. The van der Waals surface area contributed by atoms with Gasteiger partial charge in [0.2, 0.25) is 0 Å². The van der Waals surface area contributed by atoms with Gasteiger partial charge in [0.05, 0.1) is 18.0 Å². The minimum absolute atomic E-state index is 0.00967. The number of aromatic nitrogens is 3. The number of aryl methyl sites for hydroxylation is 1. The number of rotatable bonds is 2. The van der Waals surface area contributed by atoms with Gasteiger partial charge in [-0.05, 0) is 23.6 Å². The number of carbonyl (C=O) groups excluding carboxylic acids is 1. The van der Waals surface area contributed by atoms with Crippen molar-refractivity contribution in [3.8, 4) is 11.3 Å². The number of carbonyl (C=O) groups is 1. The van der Waals surface area contributed by atoms with Crippen LogP contribution in [0.2, 0.25) is 0 Å². The van der Waals surface area contributed by atoms with Gasteiger partial charge in [-0.3, -0.25) is 4.79 Å². The molecule has 0 atom stereocenters. The summed E-state index contributed by atoms with van der Waals surface area (Å²) in [5.74, 6) is 0.129. The lowest BCUT2D eigenvalue weighted by atomic mass is 9.97. The lowest BCUT2D eigenvalue weighted by molar-refractivity contribution is -0.119. The van der Waals surface area contributed by atoms with Gasteiger partial charge in [0, 0.05) is 12.0 Å². The fourth-order valence-corrected chi connectivity index (χ4v) is 2.52. The molecule has 0 fully saturated rings. The molecule has 1 aromatic carbocycles. The Kier molecular flexibility index (Phi) is 2.91. The second-order valence-corrected chi connectivity index (χ2v) is 4.76. The van der Waals surface area contributed by atoms with E-state index in [-0.39, 0.29) is 18.9 Å². The third-order valence-corrected chi connectivity index (χ3v) is 3.47. The first-order valence-corrected chi connectivity index (χ1v) is 6.40. The number of hydrogen-bond acceptors (Lipinski definition) is 4. The van der Waals surface area contributed by atoms with Gasteiger partial charge in [-0.25, -0.2) is 4.68 Å². The Hall–Kier alpha value is -2.01. The van der Waals surface area contributed by atoms with Gasteiger partial charge >= 0.3 is 0 Å². The first-order valence-electron chi connectivity index (χ1n) is 6.40. The normalized spacial score (nSPS) is 13.9. The van der Waals surface area contributed by atoms with Crippen molar-refractivity contribution in [1.82, 2.24) is 15.0 Å². The number of aliphatic hydroxyl groups is 1. The molecule has 0 radical (unpaired) electrons. The van der Waals surface area contributed by atoms with E-state index in [9.17, 15) is 9.90 Å². The fourth-order valence-electron chi connectivity index (χ4n) is 2.52. The van der Waals surface area contributed by atoms with Crippen LogP contribution < -0.4 is 0 Å². The molecule has 0 spiro atoms. The van der Waals surface area contributed by atoms with E-state index in [1.54, 1.807) is 4.68 Å². The summed E-state index contributed by atoms with van der Waals surface area (Å²) in [4.78, 5) is 11.9. The SMILES string of the molecule is CCc1nnn2c1-c1cc(CO)ccc1CC(=O)C2. The molecule has 0 saturated heterocycles. The molecule has 2 aromatic rings. The average molecular weight is 257 g/mol. The van der Waals surface area contributed by atoms with Crippen molar-refractivity contribution in [1.29, 1.82) is 0 Å². The van der Waals surface area contributed by atoms with Crippen LogP contribution in [-0.2, 0) is 30.8 Å². The van der Waals surface area contributed by atoms with Crippen molar-refractivity contribution in [2.45, 2.75) is 32.9 Å². The number of benzene rings is 1. The van der Waals surface area contributed by atoms with E-state index in [1.807, 2.05) is 25.1 Å². The Morgan fingerprint density at radius 2 is 2.26 bits per heavy atom. The van der Waals surface area contributed by atoms with Gasteiger partial charge in [-0.2, -0.15) is 0 Å². The minimum atomic E-state index is -0.00967. The fraction of sp³-hybridized carbons (Fsp3) is 0.357. The van der Waals surface area contributed by atoms with E-state index in [1.165, 1.54) is 0 Å². The molecule has 3 rings (SSSR count). The second-order valence-electron chi connectivity index (χ2n) is 4.76. The summed E-state index contributed by atoms with van der Waals surface area (Å²) in [6.45, 7) is 2.28. The van der Waals surface area contributed by atoms with Gasteiger partial charge in [-0.1, -0.05) is 24.3 Å². The molecule has 98 valence electrons. The third-order valence-electron chi connectivity index (χ3n) is 3.47. The third kappa shape index (κ3) is 1.96. The lowest BCUT2D eigenvalue weighted by Crippen LogP contribution is -2.11. The molecule has 0 bridgehead atoms. The van der Waals surface area contributed by atoms with Gasteiger partial charge in [0.15, 0.2) is 5.78 Å². The predicted molar refractivity (Wildman–Crippen MR) is 69.5 cm³/mol. The number of nitrogens with zero attached hydrogens (tertiary/aromatic N) is 3. The van der Waals surface area contributed by atoms with Crippen LogP contribution in [0, 0.1) is 0 Å². The maximum atomic E-state index is 11.9. The molecule has 1 aliphatic rings. The maximum Gasteiger partial charge on any atom is 0.158 e. The van der Waals surface area contributed by atoms with Gasteiger partial charge in [-0.15, -0.1) is 5.10 Å². The van der Waals surface area contributed by atoms with E-state index in [4.69, 9.17) is 0 Å². The lowest BCUT2D eigenvalue weighted by Gasteiger charge is -2.08. The van der Waals surface area contributed by atoms with Crippen molar-refractivity contribution in [2.75, 3.05) is 0 Å². The molecule has 2 heterocycles. The highest BCUT2D eigenvalue weighted by molar-refractivity contribution is 5.86. The van der Waals surface area contributed by atoms with Crippen LogP contribution in [0.4, 0.5) is 0 Å². The molecule has 19 heavy (non-hydrogen) atoms. The second kappa shape index (κ2) is 4.59. The summed E-state index contributed by atoms with van der Waals surface area (Å²) in [6, 6.07) is 5.71. The molecular weight excluding hydrogens is 242 g/mol. The average Bonchev–Trinajstić information content (AvgIpc) is 2.75. The zero-order chi connectivity index (χ0) is 13.4. The van der Waals surface area contributed by atoms with Crippen LogP contribution in [0.5, 0.6) is 0 Å². The van der Waals surface area contributed by atoms with E-state index in [0.717, 1.165) is 34.5 Å². The summed E-state index contributed by atoms with van der Waals surface area (Å²) < 4.78 is 1.67. The number of ketones is 1. The summed E-state index contributed by atoms with van der Waals surface area (Å²) in [5.41, 5.74) is 4.60. The van der Waals surface area contributed by atoms with Crippen molar-refractivity contribution >= 4 is 5.78 Å². The first kappa shape index (κ1) is 12.0. The van der Waals surface area contributed by atoms with E-state index >= 15 is 0 Å². The smallest absolute Gasteiger partial charge is 0.158 e. The Bertz CT molecular complexity index is 646. The van der Waals surface area contributed by atoms with Crippen LogP contribution in [0.25, 0.3) is 11.3 Å². The van der Waals surface area contributed by atoms with Crippen LogP contribution in [0.3, 0.4) is 0 Å². The first-order chi connectivity index (χ1) is 9.22. The highest BCUT2D eigenvalue weighted by atomic mass is 16.3. The van der Waals surface area contributed by atoms with Crippen LogP contribution in [0.15, 0.2) is 18.2 Å². The zero-order valence-electron chi connectivity index (χ0n) is 10.8. The van der Waals surface area contributed by atoms with Gasteiger partial charge in [0.1, 0.15) is 6.54 Å². The van der Waals surface area contributed by atoms with Crippen LogP contribution >= 0.6 is 0 Å². The Labute approximate surface area is 110 Å². The Balaban J connectivity index is 2.27. The number of hydrogen-bond donors (Lipinski definition) is 1. The quantitative estimate of drug-likeness (QED) is 0.875. The molecular formula is C14H15N3O2. The van der Waals surface area contributed by atoms with E-state index in [2.05, 4.69) is 10.3 Å². The van der Waals surface area contributed by atoms with E-state index < -0.39 is 0 Å². The van der Waals surface area contributed by atoms with Crippen LogP contribution in [-0.4, -0.2) is 25.9 Å². The van der Waals surface area contributed by atoms with Gasteiger partial charge < -0.3 is 5.11 Å². The standard InChI is InChI=1S/C14H15N3O2/c1-2-13-14-12-5-9(8-18)3-4-10(12)6-11(19)7-17(14)16-15-13/h3-5,18H,2,6-8H2,1H3. The highest BCUT2D eigenvalue weighted by Crippen LogP contribution is 2.30. The molecule has 5 nitrogen and oxygen atoms in total. The topological polar surface area (TPSA) is 68.0 Å². The zero-order valence-corrected chi connectivity index (χ0v) is 10.8. The van der Waals surface area contributed by atoms with Crippen LogP contribution in [0.1, 0.15) is 23.7 Å². The summed E-state index contributed by atoms with van der Waals surface area (Å²) >= 11 is 0. The van der Waals surface area contributed by atoms with Crippen molar-refractivity contribution < 1.29 is 9.90 Å². The predicted octanol–water partition coefficient (Wildman–Crippen LogP) is 1.12. The molecule has 1 aliphatic heterocycles. The summed E-state index contributed by atoms with van der Waals surface area (Å²) in [6.07, 6.45) is 1.18. The molecule has 1 N–H and O–H groups in total.